The first-order chi connectivity index (χ1) is 7.15. The Balaban J connectivity index is 2.61. The molecule has 1 aromatic heterocycles. The highest BCUT2D eigenvalue weighted by molar-refractivity contribution is 9.10. The Morgan fingerprint density at radius 1 is 1.67 bits per heavy atom. The van der Waals surface area contributed by atoms with E-state index in [1.54, 1.807) is 13.3 Å². The molecule has 1 unspecified atom stereocenters. The third-order valence-corrected chi connectivity index (χ3v) is 2.65. The minimum Gasteiger partial charge on any atom is -0.383 e. The first kappa shape index (κ1) is 12.7. The van der Waals surface area contributed by atoms with Gasteiger partial charge in [-0.05, 0) is 15.9 Å². The molecule has 15 heavy (non-hydrogen) atoms. The van der Waals surface area contributed by atoms with Crippen LogP contribution in [0.5, 0.6) is 0 Å². The number of alkyl halides is 1. The summed E-state index contributed by atoms with van der Waals surface area (Å²) >= 11 is 9.44. The van der Waals surface area contributed by atoms with E-state index in [9.17, 15) is 0 Å². The van der Waals surface area contributed by atoms with Gasteiger partial charge in [-0.15, -0.1) is 11.6 Å². The van der Waals surface area contributed by atoms with Crippen LogP contribution in [0.2, 0.25) is 0 Å². The summed E-state index contributed by atoms with van der Waals surface area (Å²) in [5, 5.41) is -0.0538. The lowest BCUT2D eigenvalue weighted by Gasteiger charge is -2.21. The van der Waals surface area contributed by atoms with E-state index < -0.39 is 0 Å². The molecule has 6 heteroatoms. The van der Waals surface area contributed by atoms with Crippen LogP contribution in [0.25, 0.3) is 0 Å². The maximum Gasteiger partial charge on any atom is 0.146 e. The quantitative estimate of drug-likeness (QED) is 0.778. The molecule has 0 saturated carbocycles. The van der Waals surface area contributed by atoms with Crippen molar-refractivity contribution >= 4 is 33.3 Å². The predicted molar refractivity (Wildman–Crippen MR) is 64.5 cm³/mol. The third-order valence-electron chi connectivity index (χ3n) is 1.83. The van der Waals surface area contributed by atoms with Crippen LogP contribution in [0.4, 0.5) is 5.82 Å². The van der Waals surface area contributed by atoms with Crippen molar-refractivity contribution < 1.29 is 4.74 Å². The van der Waals surface area contributed by atoms with Gasteiger partial charge in [0.05, 0.1) is 16.5 Å². The van der Waals surface area contributed by atoms with Gasteiger partial charge in [-0.2, -0.15) is 0 Å². The fourth-order valence-electron chi connectivity index (χ4n) is 1.20. The summed E-state index contributed by atoms with van der Waals surface area (Å²) in [5.74, 6) is 0.826. The zero-order valence-corrected chi connectivity index (χ0v) is 11.0. The monoisotopic (exact) mass is 293 g/mol. The van der Waals surface area contributed by atoms with Crippen LogP contribution in [-0.4, -0.2) is 42.7 Å². The number of hydrogen-bond donors (Lipinski definition) is 0. The Morgan fingerprint density at radius 2 is 2.40 bits per heavy atom. The summed E-state index contributed by atoms with van der Waals surface area (Å²) in [6.45, 7) is 1.19. The van der Waals surface area contributed by atoms with E-state index in [4.69, 9.17) is 16.3 Å². The van der Waals surface area contributed by atoms with Gasteiger partial charge in [0.2, 0.25) is 0 Å². The van der Waals surface area contributed by atoms with Gasteiger partial charge in [0.25, 0.3) is 0 Å². The standard InChI is InChI=1S/C9H13BrClN3O/c1-14(4-7(11)5-15-2)9-8(10)3-12-6-13-9/h3,6-7H,4-5H2,1-2H3. The fourth-order valence-corrected chi connectivity index (χ4v) is 2.06. The minimum atomic E-state index is -0.0538. The molecule has 0 spiro atoms. The van der Waals surface area contributed by atoms with E-state index in [2.05, 4.69) is 25.9 Å². The van der Waals surface area contributed by atoms with Crippen molar-refractivity contribution in [1.29, 1.82) is 0 Å². The maximum absolute atomic E-state index is 6.05. The van der Waals surface area contributed by atoms with Gasteiger partial charge in [0.1, 0.15) is 12.1 Å². The molecule has 0 N–H and O–H groups in total. The molecule has 0 aromatic carbocycles. The number of aromatic nitrogens is 2. The van der Waals surface area contributed by atoms with Crippen molar-refractivity contribution in [1.82, 2.24) is 9.97 Å². The summed E-state index contributed by atoms with van der Waals surface area (Å²) in [4.78, 5) is 10.0. The first-order valence-electron chi connectivity index (χ1n) is 4.44. The lowest BCUT2D eigenvalue weighted by molar-refractivity contribution is 0.199. The van der Waals surface area contributed by atoms with E-state index in [1.165, 1.54) is 6.33 Å². The second-order valence-corrected chi connectivity index (χ2v) is 4.60. The summed E-state index contributed by atoms with van der Waals surface area (Å²) in [7, 11) is 3.56. The molecule has 0 aliphatic carbocycles. The molecule has 0 aliphatic rings. The lowest BCUT2D eigenvalue weighted by atomic mass is 10.4. The number of methoxy groups -OCH3 is 1. The number of anilines is 1. The number of halogens is 2. The van der Waals surface area contributed by atoms with Crippen LogP contribution >= 0.6 is 27.5 Å². The van der Waals surface area contributed by atoms with Crippen LogP contribution in [0, 0.1) is 0 Å². The predicted octanol–water partition coefficient (Wildman–Crippen LogP) is 1.93. The number of hydrogen-bond acceptors (Lipinski definition) is 4. The van der Waals surface area contributed by atoms with Gasteiger partial charge in [-0.25, -0.2) is 9.97 Å². The highest BCUT2D eigenvalue weighted by atomic mass is 79.9. The maximum atomic E-state index is 6.05. The molecule has 0 amide bonds. The Kier molecular flexibility index (Phi) is 5.28. The molecule has 1 rings (SSSR count). The average Bonchev–Trinajstić information content (AvgIpc) is 2.18. The van der Waals surface area contributed by atoms with E-state index in [0.717, 1.165) is 10.3 Å². The lowest BCUT2D eigenvalue weighted by Crippen LogP contribution is -2.29. The zero-order valence-electron chi connectivity index (χ0n) is 8.65. The summed E-state index contributed by atoms with van der Waals surface area (Å²) in [5.41, 5.74) is 0. The number of nitrogens with zero attached hydrogens (tertiary/aromatic N) is 3. The minimum absolute atomic E-state index is 0.0538. The van der Waals surface area contributed by atoms with Crippen molar-refractivity contribution in [3.8, 4) is 0 Å². The van der Waals surface area contributed by atoms with E-state index >= 15 is 0 Å². The van der Waals surface area contributed by atoms with Crippen LogP contribution in [-0.2, 0) is 4.74 Å². The largest absolute Gasteiger partial charge is 0.383 e. The molecule has 0 saturated heterocycles. The van der Waals surface area contributed by atoms with Crippen LogP contribution < -0.4 is 4.90 Å². The van der Waals surface area contributed by atoms with Gasteiger partial charge >= 0.3 is 0 Å². The molecule has 1 atom stereocenters. The van der Waals surface area contributed by atoms with Crippen molar-refractivity contribution in [2.24, 2.45) is 0 Å². The van der Waals surface area contributed by atoms with E-state index in [0.29, 0.717) is 13.2 Å². The zero-order chi connectivity index (χ0) is 11.3. The molecule has 4 nitrogen and oxygen atoms in total. The topological polar surface area (TPSA) is 38.2 Å². The Morgan fingerprint density at radius 3 is 3.00 bits per heavy atom. The van der Waals surface area contributed by atoms with Crippen molar-refractivity contribution in [2.75, 3.05) is 32.2 Å². The van der Waals surface area contributed by atoms with Gasteiger partial charge in [-0.3, -0.25) is 0 Å². The molecular weight excluding hydrogens is 281 g/mol. The fraction of sp³-hybridized carbons (Fsp3) is 0.556. The summed E-state index contributed by atoms with van der Waals surface area (Å²) in [6, 6.07) is 0. The normalized spacial score (nSPS) is 12.5. The molecule has 0 aliphatic heterocycles. The second-order valence-electron chi connectivity index (χ2n) is 3.13. The number of ether oxygens (including phenoxy) is 1. The van der Waals surface area contributed by atoms with Crippen LogP contribution in [0.15, 0.2) is 17.0 Å². The Bertz CT molecular complexity index is 313. The van der Waals surface area contributed by atoms with Crippen molar-refractivity contribution in [3.05, 3.63) is 17.0 Å². The van der Waals surface area contributed by atoms with Gasteiger partial charge in [0.15, 0.2) is 0 Å². The summed E-state index contributed by atoms with van der Waals surface area (Å²) in [6.07, 6.45) is 3.22. The average molecular weight is 295 g/mol. The van der Waals surface area contributed by atoms with Gasteiger partial charge in [0, 0.05) is 26.9 Å². The highest BCUT2D eigenvalue weighted by Crippen LogP contribution is 2.21. The third kappa shape index (κ3) is 3.93. The van der Waals surface area contributed by atoms with Gasteiger partial charge < -0.3 is 9.64 Å². The van der Waals surface area contributed by atoms with Gasteiger partial charge in [-0.1, -0.05) is 0 Å². The second kappa shape index (κ2) is 6.25. The van der Waals surface area contributed by atoms with E-state index in [-0.39, 0.29) is 5.38 Å². The molecule has 0 bridgehead atoms. The smallest absolute Gasteiger partial charge is 0.146 e. The van der Waals surface area contributed by atoms with Crippen LogP contribution in [0.3, 0.4) is 0 Å². The number of rotatable bonds is 5. The Hall–Kier alpha value is -0.390. The van der Waals surface area contributed by atoms with Crippen LogP contribution in [0.1, 0.15) is 0 Å². The Labute approximate surface area is 103 Å². The molecular formula is C9H13BrClN3O. The molecule has 0 fully saturated rings. The highest BCUT2D eigenvalue weighted by Gasteiger charge is 2.12. The van der Waals surface area contributed by atoms with Crippen molar-refractivity contribution in [2.45, 2.75) is 5.38 Å². The first-order valence-corrected chi connectivity index (χ1v) is 5.67. The molecule has 1 aromatic rings. The summed E-state index contributed by atoms with van der Waals surface area (Å²) < 4.78 is 5.82. The SMILES string of the molecule is COCC(Cl)CN(C)c1ncncc1Br. The van der Waals surface area contributed by atoms with E-state index in [1.807, 2.05) is 11.9 Å². The molecule has 84 valence electrons. The van der Waals surface area contributed by atoms with Crippen molar-refractivity contribution in [3.63, 3.8) is 0 Å². The molecule has 1 heterocycles. The molecule has 0 radical (unpaired) electrons.